The van der Waals surface area contributed by atoms with E-state index in [-0.39, 0.29) is 5.78 Å². The number of carbonyl (C=O) groups excluding carboxylic acids is 1. The molecule has 0 aliphatic rings. The predicted octanol–water partition coefficient (Wildman–Crippen LogP) is 4.74. The zero-order valence-electron chi connectivity index (χ0n) is 11.5. The Morgan fingerprint density at radius 3 is 2.70 bits per heavy atom. The van der Waals surface area contributed by atoms with Crippen molar-refractivity contribution in [3.05, 3.63) is 56.4 Å². The number of fused-ring (bicyclic) bond motifs is 1. The molecule has 4 heteroatoms. The van der Waals surface area contributed by atoms with E-state index in [1.807, 2.05) is 49.2 Å². The number of rotatable bonds is 2. The fourth-order valence-electron chi connectivity index (χ4n) is 2.38. The van der Waals surface area contributed by atoms with E-state index in [1.165, 1.54) is 16.9 Å². The summed E-state index contributed by atoms with van der Waals surface area (Å²) in [5, 5.41) is 3.47. The Morgan fingerprint density at radius 1 is 1.30 bits per heavy atom. The summed E-state index contributed by atoms with van der Waals surface area (Å²) in [6.45, 7) is 3.97. The Bertz CT molecular complexity index is 828. The van der Waals surface area contributed by atoms with Crippen LogP contribution in [0.3, 0.4) is 0 Å². The number of aromatic nitrogens is 1. The second kappa shape index (κ2) is 4.76. The maximum Gasteiger partial charge on any atom is 0.206 e. The number of thiophene rings is 1. The molecule has 0 aliphatic heterocycles. The number of carbonyl (C=O) groups is 1. The zero-order chi connectivity index (χ0) is 14.4. The molecule has 0 fully saturated rings. The Morgan fingerprint density at radius 2 is 2.05 bits per heavy atom. The van der Waals surface area contributed by atoms with Gasteiger partial charge in [-0.1, -0.05) is 23.7 Å². The van der Waals surface area contributed by atoms with Crippen LogP contribution in [0.1, 0.15) is 26.4 Å². The number of halogens is 1. The van der Waals surface area contributed by atoms with Gasteiger partial charge in [0.15, 0.2) is 0 Å². The lowest BCUT2D eigenvalue weighted by atomic mass is 10.1. The van der Waals surface area contributed by atoms with Crippen LogP contribution in [-0.2, 0) is 7.05 Å². The van der Waals surface area contributed by atoms with Gasteiger partial charge in [-0.15, -0.1) is 11.3 Å². The van der Waals surface area contributed by atoms with E-state index in [0.29, 0.717) is 15.5 Å². The van der Waals surface area contributed by atoms with Crippen LogP contribution in [0, 0.1) is 13.8 Å². The van der Waals surface area contributed by atoms with Crippen molar-refractivity contribution < 1.29 is 4.79 Å². The van der Waals surface area contributed by atoms with Gasteiger partial charge in [0.1, 0.15) is 0 Å². The van der Waals surface area contributed by atoms with Crippen molar-refractivity contribution in [1.29, 1.82) is 0 Å². The standard InChI is InChI=1S/C16H14ClNOS/c1-9-4-5-11-12(7-18(3)13(11)6-9)15(19)16-14(17)10(2)8-20-16/h4-8H,1-3H3. The molecule has 3 aromatic rings. The summed E-state index contributed by atoms with van der Waals surface area (Å²) in [5.74, 6) is 0.00236. The van der Waals surface area contributed by atoms with Crippen LogP contribution in [0.4, 0.5) is 0 Å². The van der Waals surface area contributed by atoms with Crippen LogP contribution in [0.5, 0.6) is 0 Å². The molecule has 2 aromatic heterocycles. The van der Waals surface area contributed by atoms with Gasteiger partial charge < -0.3 is 4.57 Å². The summed E-state index contributed by atoms with van der Waals surface area (Å²) in [7, 11) is 1.96. The van der Waals surface area contributed by atoms with Crippen molar-refractivity contribution in [3.63, 3.8) is 0 Å². The monoisotopic (exact) mass is 303 g/mol. The van der Waals surface area contributed by atoms with Crippen molar-refractivity contribution in [2.75, 3.05) is 0 Å². The smallest absolute Gasteiger partial charge is 0.206 e. The Labute approximate surface area is 126 Å². The molecule has 0 aliphatic carbocycles. The first-order valence-electron chi connectivity index (χ1n) is 6.33. The molecule has 0 radical (unpaired) electrons. The molecule has 0 atom stereocenters. The highest BCUT2D eigenvalue weighted by Crippen LogP contribution is 2.32. The number of aryl methyl sites for hydroxylation is 3. The summed E-state index contributed by atoms with van der Waals surface area (Å²) >= 11 is 7.63. The average Bonchev–Trinajstić information content (AvgIpc) is 2.91. The van der Waals surface area contributed by atoms with Crippen LogP contribution in [0.15, 0.2) is 29.8 Å². The molecule has 0 amide bonds. The Kier molecular flexibility index (Phi) is 3.19. The van der Waals surface area contributed by atoms with Crippen molar-refractivity contribution >= 4 is 39.6 Å². The van der Waals surface area contributed by atoms with Gasteiger partial charge in [-0.25, -0.2) is 0 Å². The molecular weight excluding hydrogens is 290 g/mol. The predicted molar refractivity (Wildman–Crippen MR) is 85.2 cm³/mol. The van der Waals surface area contributed by atoms with Crippen molar-refractivity contribution in [2.45, 2.75) is 13.8 Å². The SMILES string of the molecule is Cc1ccc2c(C(=O)c3scc(C)c3Cl)cn(C)c2c1. The summed E-state index contributed by atoms with van der Waals surface area (Å²) in [5.41, 5.74) is 3.92. The molecule has 1 aromatic carbocycles. The first-order valence-corrected chi connectivity index (χ1v) is 7.58. The summed E-state index contributed by atoms with van der Waals surface area (Å²) in [6, 6.07) is 6.13. The highest BCUT2D eigenvalue weighted by molar-refractivity contribution is 7.13. The fourth-order valence-corrected chi connectivity index (χ4v) is 3.61. The van der Waals surface area contributed by atoms with Gasteiger partial charge in [0, 0.05) is 29.7 Å². The maximum atomic E-state index is 12.7. The third-order valence-corrected chi connectivity index (χ3v) is 5.19. The lowest BCUT2D eigenvalue weighted by molar-refractivity contribution is 0.104. The van der Waals surface area contributed by atoms with Crippen LogP contribution in [0.2, 0.25) is 5.02 Å². The van der Waals surface area contributed by atoms with E-state index in [4.69, 9.17) is 11.6 Å². The molecule has 0 saturated heterocycles. The van der Waals surface area contributed by atoms with Gasteiger partial charge in [0.05, 0.1) is 9.90 Å². The minimum atomic E-state index is 0.00236. The number of ketones is 1. The van der Waals surface area contributed by atoms with Gasteiger partial charge in [-0.05, 0) is 36.4 Å². The molecule has 0 saturated carbocycles. The van der Waals surface area contributed by atoms with Gasteiger partial charge in [-0.3, -0.25) is 4.79 Å². The quantitative estimate of drug-likeness (QED) is 0.627. The van der Waals surface area contributed by atoms with E-state index in [2.05, 4.69) is 6.07 Å². The lowest BCUT2D eigenvalue weighted by Gasteiger charge is -1.99. The highest BCUT2D eigenvalue weighted by Gasteiger charge is 2.20. The van der Waals surface area contributed by atoms with Gasteiger partial charge in [0.25, 0.3) is 0 Å². The highest BCUT2D eigenvalue weighted by atomic mass is 35.5. The lowest BCUT2D eigenvalue weighted by Crippen LogP contribution is -1.98. The largest absolute Gasteiger partial charge is 0.350 e. The first-order chi connectivity index (χ1) is 9.49. The van der Waals surface area contributed by atoms with Crippen LogP contribution in [0.25, 0.3) is 10.9 Å². The van der Waals surface area contributed by atoms with E-state index in [0.717, 1.165) is 16.5 Å². The molecule has 2 heterocycles. The Hall–Kier alpha value is -1.58. The van der Waals surface area contributed by atoms with E-state index < -0.39 is 0 Å². The van der Waals surface area contributed by atoms with Crippen LogP contribution < -0.4 is 0 Å². The van der Waals surface area contributed by atoms with Crippen LogP contribution >= 0.6 is 22.9 Å². The molecule has 3 rings (SSSR count). The molecule has 0 spiro atoms. The van der Waals surface area contributed by atoms with E-state index in [9.17, 15) is 4.79 Å². The van der Waals surface area contributed by atoms with Gasteiger partial charge >= 0.3 is 0 Å². The first kappa shape index (κ1) is 13.4. The van der Waals surface area contributed by atoms with Crippen molar-refractivity contribution in [3.8, 4) is 0 Å². The number of hydrogen-bond donors (Lipinski definition) is 0. The van der Waals surface area contributed by atoms with Crippen molar-refractivity contribution in [1.82, 2.24) is 4.57 Å². The zero-order valence-corrected chi connectivity index (χ0v) is 13.1. The molecule has 0 unspecified atom stereocenters. The van der Waals surface area contributed by atoms with E-state index in [1.54, 1.807) is 0 Å². The Balaban J connectivity index is 2.20. The number of benzene rings is 1. The summed E-state index contributed by atoms with van der Waals surface area (Å²) < 4.78 is 1.99. The second-order valence-corrected chi connectivity index (χ2v) is 6.32. The van der Waals surface area contributed by atoms with Gasteiger partial charge in [0.2, 0.25) is 5.78 Å². The molecule has 102 valence electrons. The van der Waals surface area contributed by atoms with Crippen LogP contribution in [-0.4, -0.2) is 10.4 Å². The summed E-state index contributed by atoms with van der Waals surface area (Å²) in [6.07, 6.45) is 1.89. The molecule has 20 heavy (non-hydrogen) atoms. The van der Waals surface area contributed by atoms with Gasteiger partial charge in [-0.2, -0.15) is 0 Å². The summed E-state index contributed by atoms with van der Waals surface area (Å²) in [4.78, 5) is 13.3. The van der Waals surface area contributed by atoms with Crippen molar-refractivity contribution in [2.24, 2.45) is 7.05 Å². The maximum absolute atomic E-state index is 12.7. The fraction of sp³-hybridized carbons (Fsp3) is 0.188. The molecule has 2 nitrogen and oxygen atoms in total. The average molecular weight is 304 g/mol. The second-order valence-electron chi connectivity index (χ2n) is 5.07. The topological polar surface area (TPSA) is 22.0 Å². The normalized spacial score (nSPS) is 11.2. The van der Waals surface area contributed by atoms with E-state index >= 15 is 0 Å². The number of hydrogen-bond acceptors (Lipinski definition) is 2. The number of nitrogens with zero attached hydrogens (tertiary/aromatic N) is 1. The molecule has 0 bridgehead atoms. The third kappa shape index (κ3) is 1.98. The molecular formula is C16H14ClNOS. The third-order valence-electron chi connectivity index (χ3n) is 3.50. The minimum absolute atomic E-state index is 0.00236. The minimum Gasteiger partial charge on any atom is -0.350 e. The molecule has 0 N–H and O–H groups in total.